The van der Waals surface area contributed by atoms with Crippen LogP contribution in [0.15, 0.2) is 91.0 Å². The zero-order valence-electron chi connectivity index (χ0n) is 18.7. The largest absolute Gasteiger partial charge is 0.460 e. The Bertz CT molecular complexity index is 962. The lowest BCUT2D eigenvalue weighted by molar-refractivity contribution is -0.147. The highest BCUT2D eigenvalue weighted by Crippen LogP contribution is 2.25. The third kappa shape index (κ3) is 5.98. The van der Waals surface area contributed by atoms with Gasteiger partial charge in [-0.15, -0.1) is 0 Å². The number of nitrogens with zero attached hydrogens (tertiary/aromatic N) is 1. The fraction of sp³-hybridized carbons (Fsp3) is 0.321. The van der Waals surface area contributed by atoms with Crippen LogP contribution < -0.4 is 5.32 Å². The normalized spacial score (nSPS) is 19.8. The Labute approximate surface area is 191 Å². The lowest BCUT2D eigenvalue weighted by Gasteiger charge is -2.39. The van der Waals surface area contributed by atoms with Crippen LogP contribution in [0.2, 0.25) is 0 Å². The highest BCUT2D eigenvalue weighted by molar-refractivity contribution is 5.78. The molecular formula is C28H32N2O2. The summed E-state index contributed by atoms with van der Waals surface area (Å²) in [5.41, 5.74) is 3.20. The number of benzene rings is 3. The lowest BCUT2D eigenvalue weighted by Crippen LogP contribution is -2.47. The Morgan fingerprint density at radius 2 is 1.59 bits per heavy atom. The average molecular weight is 429 g/mol. The number of anilines is 1. The molecule has 1 N–H and O–H groups in total. The van der Waals surface area contributed by atoms with E-state index < -0.39 is 0 Å². The van der Waals surface area contributed by atoms with E-state index in [-0.39, 0.29) is 11.9 Å². The minimum atomic E-state index is -0.286. The van der Waals surface area contributed by atoms with Crippen LogP contribution in [-0.4, -0.2) is 36.5 Å². The van der Waals surface area contributed by atoms with Crippen LogP contribution in [0.1, 0.15) is 30.4 Å². The molecule has 1 aliphatic rings. The van der Waals surface area contributed by atoms with Gasteiger partial charge in [0.25, 0.3) is 0 Å². The summed E-state index contributed by atoms with van der Waals surface area (Å²) in [6.07, 6.45) is 1.05. The lowest BCUT2D eigenvalue weighted by atomic mass is 9.91. The van der Waals surface area contributed by atoms with E-state index in [4.69, 9.17) is 4.74 Å². The number of hydrogen-bond donors (Lipinski definition) is 1. The average Bonchev–Trinajstić information content (AvgIpc) is 2.84. The Hall–Kier alpha value is -3.11. The molecule has 1 saturated heterocycles. The van der Waals surface area contributed by atoms with Crippen LogP contribution in [0.3, 0.4) is 0 Å². The summed E-state index contributed by atoms with van der Waals surface area (Å²) in [6.45, 7) is 5.20. The number of rotatable bonds is 8. The van der Waals surface area contributed by atoms with Gasteiger partial charge in [0.2, 0.25) is 0 Å². The number of para-hydroxylation sites is 1. The first-order valence-electron chi connectivity index (χ1n) is 11.5. The molecule has 0 bridgehead atoms. The molecule has 3 atom stereocenters. The molecule has 32 heavy (non-hydrogen) atoms. The van der Waals surface area contributed by atoms with Crippen LogP contribution in [0, 0.1) is 5.92 Å². The highest BCUT2D eigenvalue weighted by atomic mass is 16.5. The van der Waals surface area contributed by atoms with Crippen LogP contribution >= 0.6 is 0 Å². The van der Waals surface area contributed by atoms with Gasteiger partial charge >= 0.3 is 5.97 Å². The first kappa shape index (κ1) is 22.1. The second kappa shape index (κ2) is 11.0. The van der Waals surface area contributed by atoms with Crippen molar-refractivity contribution in [2.24, 2.45) is 5.92 Å². The summed E-state index contributed by atoms with van der Waals surface area (Å²) in [6, 6.07) is 30.7. The van der Waals surface area contributed by atoms with Crippen molar-refractivity contribution in [3.8, 4) is 0 Å². The molecule has 1 unspecified atom stereocenters. The molecule has 3 aromatic carbocycles. The Balaban J connectivity index is 1.38. The number of piperidine rings is 1. The summed E-state index contributed by atoms with van der Waals surface area (Å²) < 4.78 is 5.74. The van der Waals surface area contributed by atoms with Crippen LogP contribution in [0.5, 0.6) is 0 Å². The van der Waals surface area contributed by atoms with Gasteiger partial charge in [-0.25, -0.2) is 0 Å². The molecular weight excluding hydrogens is 396 g/mol. The molecule has 0 radical (unpaired) electrons. The van der Waals surface area contributed by atoms with Crippen LogP contribution in [0.25, 0.3) is 0 Å². The Kier molecular flexibility index (Phi) is 7.57. The second-order valence-electron chi connectivity index (χ2n) is 8.70. The molecule has 1 fully saturated rings. The number of esters is 1. The van der Waals surface area contributed by atoms with Gasteiger partial charge in [-0.2, -0.15) is 0 Å². The van der Waals surface area contributed by atoms with E-state index in [1.165, 1.54) is 5.69 Å². The molecule has 0 aliphatic carbocycles. The molecule has 166 valence electrons. The van der Waals surface area contributed by atoms with Crippen LogP contribution in [-0.2, 0) is 16.1 Å². The molecule has 0 amide bonds. The van der Waals surface area contributed by atoms with Crippen LogP contribution in [0.4, 0.5) is 5.69 Å². The van der Waals surface area contributed by atoms with Crippen molar-refractivity contribution < 1.29 is 9.53 Å². The van der Waals surface area contributed by atoms with E-state index in [1.807, 2.05) is 66.7 Å². The first-order chi connectivity index (χ1) is 15.7. The Morgan fingerprint density at radius 3 is 2.25 bits per heavy atom. The van der Waals surface area contributed by atoms with Gasteiger partial charge in [-0.1, -0.05) is 85.8 Å². The van der Waals surface area contributed by atoms with Crippen molar-refractivity contribution >= 4 is 11.7 Å². The van der Waals surface area contributed by atoms with Gasteiger partial charge < -0.3 is 15.0 Å². The topological polar surface area (TPSA) is 41.6 Å². The van der Waals surface area contributed by atoms with E-state index >= 15 is 0 Å². The maximum Gasteiger partial charge on any atom is 0.315 e. The van der Waals surface area contributed by atoms with Gasteiger partial charge in [0.15, 0.2) is 0 Å². The van der Waals surface area contributed by atoms with Gasteiger partial charge in [0.05, 0.1) is 5.92 Å². The predicted molar refractivity (Wildman–Crippen MR) is 129 cm³/mol. The summed E-state index contributed by atoms with van der Waals surface area (Å²) in [5.74, 6) is 0.0451. The fourth-order valence-corrected chi connectivity index (χ4v) is 4.45. The first-order valence-corrected chi connectivity index (χ1v) is 11.5. The van der Waals surface area contributed by atoms with Crippen molar-refractivity contribution in [1.82, 2.24) is 4.90 Å². The molecule has 4 nitrogen and oxygen atoms in total. The smallest absolute Gasteiger partial charge is 0.315 e. The third-order valence-corrected chi connectivity index (χ3v) is 6.27. The fourth-order valence-electron chi connectivity index (χ4n) is 4.45. The summed E-state index contributed by atoms with van der Waals surface area (Å²) >= 11 is 0. The van der Waals surface area contributed by atoms with E-state index in [0.29, 0.717) is 25.1 Å². The number of ether oxygens (including phenoxy) is 1. The second-order valence-corrected chi connectivity index (χ2v) is 8.70. The number of likely N-dealkylation sites (tertiary alicyclic amines) is 1. The maximum atomic E-state index is 13.1. The molecule has 4 heteroatoms. The van der Waals surface area contributed by atoms with Crippen molar-refractivity contribution in [3.05, 3.63) is 102 Å². The van der Waals surface area contributed by atoms with E-state index in [9.17, 15) is 4.79 Å². The number of hydrogen-bond acceptors (Lipinski definition) is 4. The summed E-state index contributed by atoms with van der Waals surface area (Å²) in [7, 11) is 0. The molecule has 4 rings (SSSR count). The van der Waals surface area contributed by atoms with Gasteiger partial charge in [0.1, 0.15) is 6.61 Å². The molecule has 0 aromatic heterocycles. The molecule has 0 spiro atoms. The summed E-state index contributed by atoms with van der Waals surface area (Å²) in [4.78, 5) is 15.5. The number of carbonyl (C=O) groups excluding carboxylic acids is 1. The van der Waals surface area contributed by atoms with Crippen molar-refractivity contribution in [2.75, 3.05) is 25.0 Å². The number of carbonyl (C=O) groups is 1. The predicted octanol–water partition coefficient (Wildman–Crippen LogP) is 5.34. The Morgan fingerprint density at radius 1 is 0.969 bits per heavy atom. The zero-order chi connectivity index (χ0) is 22.2. The van der Waals surface area contributed by atoms with E-state index in [2.05, 4.69) is 41.4 Å². The highest BCUT2D eigenvalue weighted by Gasteiger charge is 2.30. The van der Waals surface area contributed by atoms with Crippen molar-refractivity contribution in [3.63, 3.8) is 0 Å². The maximum absolute atomic E-state index is 13.1. The van der Waals surface area contributed by atoms with Gasteiger partial charge in [-0.05, 0) is 35.6 Å². The number of nitrogens with one attached hydrogen (secondary N) is 1. The standard InChI is InChI=1S/C28H32N2O2/c1-22-19-30(18-17-27(22)29-25-15-9-4-10-16-25)20-26(24-13-7-3-8-14-24)28(31)32-21-23-11-5-2-6-12-23/h2-16,22,26-27,29H,17-21H2,1H3/t22-,26?,27-/m1/s1. The summed E-state index contributed by atoms with van der Waals surface area (Å²) in [5, 5.41) is 3.68. The molecule has 1 aliphatic heterocycles. The SMILES string of the molecule is C[C@@H]1CN(CC(C(=O)OCc2ccccc2)c2ccccc2)CC[C@H]1Nc1ccccc1. The molecule has 0 saturated carbocycles. The van der Waals surface area contributed by atoms with E-state index in [1.54, 1.807) is 0 Å². The molecule has 1 heterocycles. The quantitative estimate of drug-likeness (QED) is 0.492. The molecule has 3 aromatic rings. The van der Waals surface area contributed by atoms with Gasteiger partial charge in [0, 0.05) is 31.4 Å². The van der Waals surface area contributed by atoms with E-state index in [0.717, 1.165) is 30.6 Å². The van der Waals surface area contributed by atoms with Crippen molar-refractivity contribution in [1.29, 1.82) is 0 Å². The van der Waals surface area contributed by atoms with Crippen molar-refractivity contribution in [2.45, 2.75) is 31.9 Å². The monoisotopic (exact) mass is 428 g/mol. The zero-order valence-corrected chi connectivity index (χ0v) is 18.7. The third-order valence-electron chi connectivity index (χ3n) is 6.27. The minimum Gasteiger partial charge on any atom is -0.460 e. The minimum absolute atomic E-state index is 0.155. The van der Waals surface area contributed by atoms with Gasteiger partial charge in [-0.3, -0.25) is 4.79 Å².